The minimum absolute atomic E-state index is 0.112. The Bertz CT molecular complexity index is 473. The highest BCUT2D eigenvalue weighted by molar-refractivity contribution is 5.85. The summed E-state index contributed by atoms with van der Waals surface area (Å²) in [5.41, 5.74) is 6.27. The lowest BCUT2D eigenvalue weighted by Gasteiger charge is -2.19. The molecule has 0 bridgehead atoms. The monoisotopic (exact) mass is 294 g/mol. The van der Waals surface area contributed by atoms with Crippen LogP contribution in [0.15, 0.2) is 24.3 Å². The topological polar surface area (TPSA) is 113 Å². The Hall–Kier alpha value is -2.08. The molecule has 2 atom stereocenters. The van der Waals surface area contributed by atoms with Gasteiger partial charge >= 0.3 is 5.97 Å². The molecule has 1 amide bonds. The Morgan fingerprint density at radius 3 is 2.38 bits per heavy atom. The summed E-state index contributed by atoms with van der Waals surface area (Å²) in [6, 6.07) is 5.22. The van der Waals surface area contributed by atoms with Crippen molar-refractivity contribution in [2.75, 3.05) is 6.54 Å². The minimum atomic E-state index is -1.09. The van der Waals surface area contributed by atoms with Gasteiger partial charge in [0.2, 0.25) is 5.91 Å². The second-order valence-electron chi connectivity index (χ2n) is 4.99. The second-order valence-corrected chi connectivity index (χ2v) is 4.99. The second kappa shape index (κ2) is 8.26. The highest BCUT2D eigenvalue weighted by Crippen LogP contribution is 2.12. The Morgan fingerprint density at radius 2 is 1.90 bits per heavy atom. The van der Waals surface area contributed by atoms with E-state index in [-0.39, 0.29) is 30.5 Å². The molecule has 0 radical (unpaired) electrons. The molecule has 21 heavy (non-hydrogen) atoms. The number of carboxylic acids is 1. The van der Waals surface area contributed by atoms with Gasteiger partial charge in [0.1, 0.15) is 11.8 Å². The van der Waals surface area contributed by atoms with Crippen LogP contribution in [0.25, 0.3) is 0 Å². The number of carbonyl (C=O) groups is 2. The van der Waals surface area contributed by atoms with Gasteiger partial charge in [-0.3, -0.25) is 4.79 Å². The average Bonchev–Trinajstić information content (AvgIpc) is 2.45. The van der Waals surface area contributed by atoms with Gasteiger partial charge in [0.05, 0.1) is 5.92 Å². The number of nitrogens with one attached hydrogen (secondary N) is 1. The van der Waals surface area contributed by atoms with Crippen molar-refractivity contribution in [2.45, 2.75) is 32.2 Å². The molecule has 0 heterocycles. The van der Waals surface area contributed by atoms with Gasteiger partial charge in [0.25, 0.3) is 0 Å². The van der Waals surface area contributed by atoms with E-state index in [2.05, 4.69) is 5.32 Å². The zero-order chi connectivity index (χ0) is 15.8. The molecular formula is C15H22N2O4. The number of rotatable bonds is 8. The van der Waals surface area contributed by atoms with E-state index in [1.54, 1.807) is 12.1 Å². The molecule has 0 aromatic heterocycles. The Labute approximate surface area is 124 Å². The largest absolute Gasteiger partial charge is 0.508 e. The van der Waals surface area contributed by atoms with Gasteiger partial charge in [-0.15, -0.1) is 0 Å². The molecule has 116 valence electrons. The van der Waals surface area contributed by atoms with Crippen molar-refractivity contribution in [1.29, 1.82) is 0 Å². The first kappa shape index (κ1) is 17.0. The normalized spacial score (nSPS) is 13.4. The van der Waals surface area contributed by atoms with E-state index in [0.717, 1.165) is 12.0 Å². The van der Waals surface area contributed by atoms with Crippen LogP contribution in [0.2, 0.25) is 0 Å². The van der Waals surface area contributed by atoms with Crippen molar-refractivity contribution in [3.63, 3.8) is 0 Å². The lowest BCUT2D eigenvalue weighted by atomic mass is 10.0. The van der Waals surface area contributed by atoms with Gasteiger partial charge in [0.15, 0.2) is 0 Å². The molecule has 1 aromatic carbocycles. The molecule has 0 saturated heterocycles. The van der Waals surface area contributed by atoms with Gasteiger partial charge in [-0.25, -0.2) is 4.79 Å². The zero-order valence-electron chi connectivity index (χ0n) is 12.1. The van der Waals surface area contributed by atoms with E-state index in [9.17, 15) is 19.8 Å². The molecule has 1 aromatic rings. The molecule has 5 N–H and O–H groups in total. The molecule has 0 aliphatic carbocycles. The van der Waals surface area contributed by atoms with Crippen molar-refractivity contribution >= 4 is 11.9 Å². The number of hydrogen-bond donors (Lipinski definition) is 4. The lowest BCUT2D eigenvalue weighted by molar-refractivity contribution is -0.142. The number of hydrogen-bond acceptors (Lipinski definition) is 4. The average molecular weight is 294 g/mol. The number of phenolic OH excluding ortho intramolecular Hbond substituents is 1. The minimum Gasteiger partial charge on any atom is -0.508 e. The molecule has 2 unspecified atom stereocenters. The zero-order valence-corrected chi connectivity index (χ0v) is 12.1. The molecule has 0 aliphatic rings. The molecule has 6 heteroatoms. The Kier molecular flexibility index (Phi) is 6.68. The van der Waals surface area contributed by atoms with Crippen LogP contribution in [-0.2, 0) is 16.0 Å². The van der Waals surface area contributed by atoms with Crippen LogP contribution >= 0.6 is 0 Å². The molecule has 0 saturated carbocycles. The van der Waals surface area contributed by atoms with Crippen LogP contribution in [0.1, 0.15) is 25.3 Å². The number of aromatic hydroxyl groups is 1. The Morgan fingerprint density at radius 1 is 1.29 bits per heavy atom. The van der Waals surface area contributed by atoms with Crippen molar-refractivity contribution in [2.24, 2.45) is 11.7 Å². The number of amides is 1. The predicted molar refractivity (Wildman–Crippen MR) is 78.8 cm³/mol. The first-order chi connectivity index (χ1) is 9.97. The van der Waals surface area contributed by atoms with Crippen LogP contribution in [0.4, 0.5) is 0 Å². The van der Waals surface area contributed by atoms with E-state index < -0.39 is 12.0 Å². The maximum Gasteiger partial charge on any atom is 0.326 e. The quantitative estimate of drug-likeness (QED) is 0.568. The van der Waals surface area contributed by atoms with Gasteiger partial charge in [-0.2, -0.15) is 0 Å². The summed E-state index contributed by atoms with van der Waals surface area (Å²) in [5.74, 6) is -1.67. The highest BCUT2D eigenvalue weighted by Gasteiger charge is 2.24. The molecular weight excluding hydrogens is 272 g/mol. The maximum atomic E-state index is 12.0. The van der Waals surface area contributed by atoms with E-state index in [1.165, 1.54) is 12.1 Å². The van der Waals surface area contributed by atoms with Gasteiger partial charge in [0, 0.05) is 13.0 Å². The third kappa shape index (κ3) is 5.43. The highest BCUT2D eigenvalue weighted by atomic mass is 16.4. The van der Waals surface area contributed by atoms with Gasteiger partial charge in [-0.05, 0) is 24.1 Å². The third-order valence-corrected chi connectivity index (χ3v) is 3.28. The molecule has 0 fully saturated rings. The fourth-order valence-electron chi connectivity index (χ4n) is 2.06. The molecule has 6 nitrogen and oxygen atoms in total. The van der Waals surface area contributed by atoms with Crippen molar-refractivity contribution in [3.05, 3.63) is 29.8 Å². The fraction of sp³-hybridized carbons (Fsp3) is 0.467. The SMILES string of the molecule is CCCC(CN)C(=O)NC(Cc1ccc(O)cc1)C(=O)O. The summed E-state index contributed by atoms with van der Waals surface area (Å²) < 4.78 is 0. The number of aliphatic carboxylic acids is 1. The van der Waals surface area contributed by atoms with Crippen molar-refractivity contribution < 1.29 is 19.8 Å². The molecule has 0 aliphatic heterocycles. The van der Waals surface area contributed by atoms with Crippen LogP contribution < -0.4 is 11.1 Å². The number of carbonyl (C=O) groups excluding carboxylic acids is 1. The molecule has 1 rings (SSSR count). The lowest BCUT2D eigenvalue weighted by Crippen LogP contribution is -2.46. The fourth-order valence-corrected chi connectivity index (χ4v) is 2.06. The van der Waals surface area contributed by atoms with Crippen LogP contribution in [0.5, 0.6) is 5.75 Å². The first-order valence-electron chi connectivity index (χ1n) is 6.99. The maximum absolute atomic E-state index is 12.0. The summed E-state index contributed by atoms with van der Waals surface area (Å²) in [7, 11) is 0. The van der Waals surface area contributed by atoms with E-state index in [4.69, 9.17) is 5.73 Å². The van der Waals surface area contributed by atoms with Gasteiger partial charge in [-0.1, -0.05) is 25.5 Å². The standard InChI is InChI=1S/C15H22N2O4/c1-2-3-11(9-16)14(19)17-13(15(20)21)8-10-4-6-12(18)7-5-10/h4-7,11,13,18H,2-3,8-9,16H2,1H3,(H,17,19)(H,20,21). The smallest absolute Gasteiger partial charge is 0.326 e. The summed E-state index contributed by atoms with van der Waals surface area (Å²) in [4.78, 5) is 23.3. The van der Waals surface area contributed by atoms with Gasteiger partial charge < -0.3 is 21.3 Å². The Balaban J connectivity index is 2.71. The third-order valence-electron chi connectivity index (χ3n) is 3.28. The van der Waals surface area contributed by atoms with E-state index >= 15 is 0 Å². The predicted octanol–water partition coefficient (Wildman–Crippen LogP) is 0.879. The summed E-state index contributed by atoms with van der Waals surface area (Å²) in [6.45, 7) is 2.15. The van der Waals surface area contributed by atoms with Crippen molar-refractivity contribution in [3.8, 4) is 5.75 Å². The van der Waals surface area contributed by atoms with E-state index in [1.807, 2.05) is 6.92 Å². The van der Waals surface area contributed by atoms with Crippen LogP contribution in [-0.4, -0.2) is 34.7 Å². The summed E-state index contributed by atoms with van der Waals surface area (Å²) in [6.07, 6.45) is 1.60. The summed E-state index contributed by atoms with van der Waals surface area (Å²) in [5, 5.41) is 21.0. The number of carboxylic acid groups (broad SMARTS) is 1. The summed E-state index contributed by atoms with van der Waals surface area (Å²) >= 11 is 0. The number of phenols is 1. The molecule has 0 spiro atoms. The number of benzene rings is 1. The van der Waals surface area contributed by atoms with Crippen LogP contribution in [0, 0.1) is 5.92 Å². The van der Waals surface area contributed by atoms with Crippen LogP contribution in [0.3, 0.4) is 0 Å². The number of nitrogens with two attached hydrogens (primary N) is 1. The van der Waals surface area contributed by atoms with Crippen molar-refractivity contribution in [1.82, 2.24) is 5.32 Å². The van der Waals surface area contributed by atoms with E-state index in [0.29, 0.717) is 6.42 Å². The first-order valence-corrected chi connectivity index (χ1v) is 6.99.